The minimum atomic E-state index is -0.706. The zero-order valence-electron chi connectivity index (χ0n) is 11.2. The van der Waals surface area contributed by atoms with Gasteiger partial charge in [-0.3, -0.25) is 9.59 Å². The highest BCUT2D eigenvalue weighted by Crippen LogP contribution is 2.19. The SMILES string of the molecule is Cc1ccc(NC(=O)C(=O)NC[C@H]2CCCO2)cc1Cl. The van der Waals surface area contributed by atoms with Crippen molar-refractivity contribution in [3.05, 3.63) is 28.8 Å². The average Bonchev–Trinajstić information content (AvgIpc) is 2.93. The van der Waals surface area contributed by atoms with E-state index in [0.717, 1.165) is 18.4 Å². The quantitative estimate of drug-likeness (QED) is 0.837. The van der Waals surface area contributed by atoms with Crippen molar-refractivity contribution in [2.75, 3.05) is 18.5 Å². The first-order valence-electron chi connectivity index (χ1n) is 6.53. The second-order valence-corrected chi connectivity index (χ2v) is 5.17. The van der Waals surface area contributed by atoms with E-state index in [0.29, 0.717) is 23.9 Å². The predicted octanol–water partition coefficient (Wildman–Crippen LogP) is 1.88. The fourth-order valence-corrected chi connectivity index (χ4v) is 2.13. The third-order valence-electron chi connectivity index (χ3n) is 3.15. The molecule has 2 amide bonds. The summed E-state index contributed by atoms with van der Waals surface area (Å²) in [5.74, 6) is -1.37. The van der Waals surface area contributed by atoms with Gasteiger partial charge in [-0.05, 0) is 37.5 Å². The Labute approximate surface area is 122 Å². The molecule has 1 aromatic carbocycles. The molecule has 0 radical (unpaired) electrons. The number of nitrogens with one attached hydrogen (secondary N) is 2. The minimum Gasteiger partial charge on any atom is -0.376 e. The van der Waals surface area contributed by atoms with Crippen LogP contribution in [0.3, 0.4) is 0 Å². The summed E-state index contributed by atoms with van der Waals surface area (Å²) >= 11 is 5.96. The molecular formula is C14H17ClN2O3. The largest absolute Gasteiger partial charge is 0.376 e. The normalized spacial score (nSPS) is 17.8. The number of hydrogen-bond acceptors (Lipinski definition) is 3. The van der Waals surface area contributed by atoms with Crippen LogP contribution in [0.15, 0.2) is 18.2 Å². The number of amides is 2. The summed E-state index contributed by atoms with van der Waals surface area (Å²) in [4.78, 5) is 23.4. The Bertz CT molecular complexity index is 513. The van der Waals surface area contributed by atoms with Crippen LogP contribution in [0.5, 0.6) is 0 Å². The van der Waals surface area contributed by atoms with Gasteiger partial charge in [0.1, 0.15) is 0 Å². The summed E-state index contributed by atoms with van der Waals surface area (Å²) in [5, 5.41) is 5.61. The molecule has 1 atom stereocenters. The Kier molecular flexibility index (Phi) is 4.98. The number of anilines is 1. The fraction of sp³-hybridized carbons (Fsp3) is 0.429. The molecule has 2 rings (SSSR count). The minimum absolute atomic E-state index is 0.0144. The molecule has 1 heterocycles. The van der Waals surface area contributed by atoms with E-state index in [1.54, 1.807) is 18.2 Å². The molecule has 5 nitrogen and oxygen atoms in total. The number of ether oxygens (including phenoxy) is 1. The van der Waals surface area contributed by atoms with Gasteiger partial charge in [0, 0.05) is 23.9 Å². The predicted molar refractivity (Wildman–Crippen MR) is 76.8 cm³/mol. The Morgan fingerprint density at radius 3 is 2.85 bits per heavy atom. The van der Waals surface area contributed by atoms with Crippen molar-refractivity contribution in [1.82, 2.24) is 5.32 Å². The highest BCUT2D eigenvalue weighted by molar-refractivity contribution is 6.39. The van der Waals surface area contributed by atoms with Gasteiger partial charge in [0.2, 0.25) is 0 Å². The molecule has 0 unspecified atom stereocenters. The third-order valence-corrected chi connectivity index (χ3v) is 3.56. The average molecular weight is 297 g/mol. The monoisotopic (exact) mass is 296 g/mol. The zero-order chi connectivity index (χ0) is 14.5. The third kappa shape index (κ3) is 3.95. The van der Waals surface area contributed by atoms with Crippen LogP contribution in [0.2, 0.25) is 5.02 Å². The Morgan fingerprint density at radius 2 is 2.20 bits per heavy atom. The van der Waals surface area contributed by atoms with Gasteiger partial charge in [-0.25, -0.2) is 0 Å². The van der Waals surface area contributed by atoms with Crippen LogP contribution >= 0.6 is 11.6 Å². The van der Waals surface area contributed by atoms with Crippen molar-refractivity contribution < 1.29 is 14.3 Å². The van der Waals surface area contributed by atoms with Crippen LogP contribution in [-0.4, -0.2) is 31.1 Å². The number of carbonyl (C=O) groups excluding carboxylic acids is 2. The van der Waals surface area contributed by atoms with Crippen LogP contribution in [0, 0.1) is 6.92 Å². The highest BCUT2D eigenvalue weighted by atomic mass is 35.5. The number of halogens is 1. The second kappa shape index (κ2) is 6.72. The number of benzene rings is 1. The number of carbonyl (C=O) groups is 2. The highest BCUT2D eigenvalue weighted by Gasteiger charge is 2.19. The zero-order valence-corrected chi connectivity index (χ0v) is 12.0. The molecule has 6 heteroatoms. The van der Waals surface area contributed by atoms with E-state index in [9.17, 15) is 9.59 Å². The first kappa shape index (κ1) is 14.8. The first-order chi connectivity index (χ1) is 9.56. The van der Waals surface area contributed by atoms with Crippen molar-refractivity contribution in [3.63, 3.8) is 0 Å². The smallest absolute Gasteiger partial charge is 0.313 e. The number of aryl methyl sites for hydroxylation is 1. The lowest BCUT2D eigenvalue weighted by molar-refractivity contribution is -0.136. The van der Waals surface area contributed by atoms with E-state index in [2.05, 4.69) is 10.6 Å². The van der Waals surface area contributed by atoms with E-state index in [1.807, 2.05) is 6.92 Å². The molecule has 1 fully saturated rings. The summed E-state index contributed by atoms with van der Waals surface area (Å²) in [6, 6.07) is 5.09. The van der Waals surface area contributed by atoms with E-state index in [4.69, 9.17) is 16.3 Å². The number of hydrogen-bond donors (Lipinski definition) is 2. The van der Waals surface area contributed by atoms with Gasteiger partial charge in [-0.2, -0.15) is 0 Å². The Morgan fingerprint density at radius 1 is 1.40 bits per heavy atom. The summed E-state index contributed by atoms with van der Waals surface area (Å²) in [7, 11) is 0. The van der Waals surface area contributed by atoms with E-state index >= 15 is 0 Å². The van der Waals surface area contributed by atoms with Crippen LogP contribution < -0.4 is 10.6 Å². The molecule has 0 aliphatic carbocycles. The van der Waals surface area contributed by atoms with Gasteiger partial charge >= 0.3 is 11.8 Å². The van der Waals surface area contributed by atoms with Gasteiger partial charge in [0.25, 0.3) is 0 Å². The van der Waals surface area contributed by atoms with Gasteiger partial charge in [0.15, 0.2) is 0 Å². The molecule has 2 N–H and O–H groups in total. The molecule has 20 heavy (non-hydrogen) atoms. The van der Waals surface area contributed by atoms with Crippen molar-refractivity contribution in [3.8, 4) is 0 Å². The second-order valence-electron chi connectivity index (χ2n) is 4.76. The first-order valence-corrected chi connectivity index (χ1v) is 6.91. The molecule has 1 aromatic rings. The maximum atomic E-state index is 11.7. The van der Waals surface area contributed by atoms with Crippen LogP contribution in [0.1, 0.15) is 18.4 Å². The Hall–Kier alpha value is -1.59. The summed E-state index contributed by atoms with van der Waals surface area (Å²) in [6.07, 6.45) is 1.92. The lowest BCUT2D eigenvalue weighted by Crippen LogP contribution is -2.39. The molecular weight excluding hydrogens is 280 g/mol. The lowest BCUT2D eigenvalue weighted by Gasteiger charge is -2.11. The molecule has 0 saturated carbocycles. The molecule has 0 spiro atoms. The molecule has 0 aromatic heterocycles. The summed E-state index contributed by atoms with van der Waals surface area (Å²) in [5.41, 5.74) is 1.41. The van der Waals surface area contributed by atoms with E-state index < -0.39 is 11.8 Å². The van der Waals surface area contributed by atoms with Crippen molar-refractivity contribution in [1.29, 1.82) is 0 Å². The lowest BCUT2D eigenvalue weighted by atomic mass is 10.2. The van der Waals surface area contributed by atoms with Gasteiger partial charge < -0.3 is 15.4 Å². The molecule has 108 valence electrons. The number of rotatable bonds is 3. The molecule has 1 aliphatic heterocycles. The van der Waals surface area contributed by atoms with Crippen molar-refractivity contribution in [2.24, 2.45) is 0 Å². The molecule has 1 saturated heterocycles. The van der Waals surface area contributed by atoms with Crippen LogP contribution in [-0.2, 0) is 14.3 Å². The maximum absolute atomic E-state index is 11.7. The van der Waals surface area contributed by atoms with Crippen LogP contribution in [0.4, 0.5) is 5.69 Å². The maximum Gasteiger partial charge on any atom is 0.313 e. The van der Waals surface area contributed by atoms with Gasteiger partial charge in [0.05, 0.1) is 6.10 Å². The van der Waals surface area contributed by atoms with E-state index in [1.165, 1.54) is 0 Å². The van der Waals surface area contributed by atoms with Gasteiger partial charge in [-0.1, -0.05) is 17.7 Å². The fourth-order valence-electron chi connectivity index (χ4n) is 1.95. The molecule has 1 aliphatic rings. The standard InChI is InChI=1S/C14H17ClN2O3/c1-9-4-5-10(7-12(9)15)17-14(19)13(18)16-8-11-3-2-6-20-11/h4-5,7,11H,2-3,6,8H2,1H3,(H,16,18)(H,17,19)/t11-/m1/s1. The topological polar surface area (TPSA) is 67.4 Å². The summed E-state index contributed by atoms with van der Waals surface area (Å²) in [6.45, 7) is 2.94. The van der Waals surface area contributed by atoms with Crippen LogP contribution in [0.25, 0.3) is 0 Å². The Balaban J connectivity index is 1.83. The van der Waals surface area contributed by atoms with Gasteiger partial charge in [-0.15, -0.1) is 0 Å². The summed E-state index contributed by atoms with van der Waals surface area (Å²) < 4.78 is 5.37. The van der Waals surface area contributed by atoms with Crippen molar-refractivity contribution in [2.45, 2.75) is 25.9 Å². The molecule has 0 bridgehead atoms. The van der Waals surface area contributed by atoms with E-state index in [-0.39, 0.29) is 6.10 Å². The van der Waals surface area contributed by atoms with Crippen molar-refractivity contribution >= 4 is 29.1 Å².